The summed E-state index contributed by atoms with van der Waals surface area (Å²) in [5, 5.41) is 14.9. The van der Waals surface area contributed by atoms with E-state index < -0.39 is 5.97 Å². The highest BCUT2D eigenvalue weighted by atomic mass is 16.5. The number of aliphatic carboxylic acids is 1. The predicted molar refractivity (Wildman–Crippen MR) is 59.7 cm³/mol. The smallest absolute Gasteiger partial charge is 0.305 e. The van der Waals surface area contributed by atoms with Crippen LogP contribution in [0.2, 0.25) is 0 Å². The van der Waals surface area contributed by atoms with Crippen LogP contribution in [0, 0.1) is 6.92 Å². The molecule has 0 bridgehead atoms. The Bertz CT molecular complexity index is 400. The standard InChI is InChI=1S/C11H16N2O4/c1-3-4-8(5-10(14)15)13-11(16)9-6-12-17-7(9)2/h6,8H,3-5H2,1-2H3,(H,13,16)(H,14,15). The first-order valence-corrected chi connectivity index (χ1v) is 5.48. The van der Waals surface area contributed by atoms with Crippen molar-refractivity contribution in [3.63, 3.8) is 0 Å². The van der Waals surface area contributed by atoms with E-state index in [2.05, 4.69) is 10.5 Å². The van der Waals surface area contributed by atoms with Gasteiger partial charge in [0.15, 0.2) is 0 Å². The molecule has 1 unspecified atom stereocenters. The maximum Gasteiger partial charge on any atom is 0.305 e. The van der Waals surface area contributed by atoms with Gasteiger partial charge in [-0.3, -0.25) is 9.59 Å². The summed E-state index contributed by atoms with van der Waals surface area (Å²) in [7, 11) is 0. The number of hydrogen-bond acceptors (Lipinski definition) is 4. The molecule has 0 saturated carbocycles. The first-order valence-electron chi connectivity index (χ1n) is 5.48. The SMILES string of the molecule is CCCC(CC(=O)O)NC(=O)c1cnoc1C. The number of aromatic nitrogens is 1. The molecule has 6 nitrogen and oxygen atoms in total. The molecule has 0 aliphatic heterocycles. The molecule has 2 N–H and O–H groups in total. The Hall–Kier alpha value is -1.85. The second-order valence-corrected chi connectivity index (χ2v) is 3.85. The van der Waals surface area contributed by atoms with Gasteiger partial charge in [-0.25, -0.2) is 0 Å². The number of carbonyl (C=O) groups excluding carboxylic acids is 1. The zero-order chi connectivity index (χ0) is 12.8. The maximum absolute atomic E-state index is 11.8. The van der Waals surface area contributed by atoms with Crippen molar-refractivity contribution in [2.75, 3.05) is 0 Å². The highest BCUT2D eigenvalue weighted by molar-refractivity contribution is 5.95. The quantitative estimate of drug-likeness (QED) is 0.783. The third kappa shape index (κ3) is 3.90. The monoisotopic (exact) mass is 240 g/mol. The largest absolute Gasteiger partial charge is 0.481 e. The van der Waals surface area contributed by atoms with Crippen LogP contribution in [-0.2, 0) is 4.79 Å². The van der Waals surface area contributed by atoms with E-state index >= 15 is 0 Å². The van der Waals surface area contributed by atoms with Crippen LogP contribution in [0.15, 0.2) is 10.7 Å². The number of nitrogens with zero attached hydrogens (tertiary/aromatic N) is 1. The van der Waals surface area contributed by atoms with Crippen molar-refractivity contribution >= 4 is 11.9 Å². The molecule has 1 rings (SSSR count). The minimum absolute atomic E-state index is 0.0795. The number of hydrogen-bond donors (Lipinski definition) is 2. The second-order valence-electron chi connectivity index (χ2n) is 3.85. The highest BCUT2D eigenvalue weighted by Crippen LogP contribution is 2.08. The van der Waals surface area contributed by atoms with Crippen LogP contribution in [0.25, 0.3) is 0 Å². The fourth-order valence-corrected chi connectivity index (χ4v) is 1.56. The highest BCUT2D eigenvalue weighted by Gasteiger charge is 2.19. The molecule has 1 atom stereocenters. The van der Waals surface area contributed by atoms with Gasteiger partial charge in [-0.2, -0.15) is 0 Å². The van der Waals surface area contributed by atoms with E-state index in [1.54, 1.807) is 6.92 Å². The molecule has 1 heterocycles. The van der Waals surface area contributed by atoms with Crippen molar-refractivity contribution in [2.24, 2.45) is 0 Å². The van der Waals surface area contributed by atoms with Crippen LogP contribution < -0.4 is 5.32 Å². The molecule has 1 aromatic rings. The van der Waals surface area contributed by atoms with Crippen molar-refractivity contribution in [2.45, 2.75) is 39.2 Å². The van der Waals surface area contributed by atoms with Crippen molar-refractivity contribution < 1.29 is 19.2 Å². The fraction of sp³-hybridized carbons (Fsp3) is 0.545. The molecule has 0 fully saturated rings. The lowest BCUT2D eigenvalue weighted by Crippen LogP contribution is -2.36. The van der Waals surface area contributed by atoms with Crippen molar-refractivity contribution in [3.05, 3.63) is 17.5 Å². The fourth-order valence-electron chi connectivity index (χ4n) is 1.56. The predicted octanol–water partition coefficient (Wildman–Crippen LogP) is 1.36. The van der Waals surface area contributed by atoms with E-state index in [4.69, 9.17) is 9.63 Å². The lowest BCUT2D eigenvalue weighted by atomic mass is 10.1. The molecule has 0 saturated heterocycles. The van der Waals surface area contributed by atoms with E-state index in [-0.39, 0.29) is 18.4 Å². The Morgan fingerprint density at radius 3 is 2.76 bits per heavy atom. The molecule has 1 aromatic heterocycles. The Kier molecular flexibility index (Phi) is 4.68. The van der Waals surface area contributed by atoms with E-state index in [1.165, 1.54) is 6.20 Å². The number of amides is 1. The molecule has 0 radical (unpaired) electrons. The lowest BCUT2D eigenvalue weighted by molar-refractivity contribution is -0.137. The Balaban J connectivity index is 2.64. The van der Waals surface area contributed by atoms with Gasteiger partial charge in [0, 0.05) is 6.04 Å². The molecule has 0 aromatic carbocycles. The normalized spacial score (nSPS) is 12.1. The van der Waals surface area contributed by atoms with E-state index in [0.29, 0.717) is 17.7 Å². The summed E-state index contributed by atoms with van der Waals surface area (Å²) in [6.07, 6.45) is 2.68. The second kappa shape index (κ2) is 6.03. The van der Waals surface area contributed by atoms with Gasteiger partial charge < -0.3 is 14.9 Å². The van der Waals surface area contributed by atoms with Gasteiger partial charge >= 0.3 is 5.97 Å². The van der Waals surface area contributed by atoms with Crippen LogP contribution in [0.4, 0.5) is 0 Å². The molecule has 6 heteroatoms. The maximum atomic E-state index is 11.8. The minimum atomic E-state index is -0.925. The molecule has 94 valence electrons. The van der Waals surface area contributed by atoms with Gasteiger partial charge in [-0.15, -0.1) is 0 Å². The number of rotatable bonds is 6. The van der Waals surface area contributed by atoms with Gasteiger partial charge in [0.2, 0.25) is 0 Å². The van der Waals surface area contributed by atoms with Crippen LogP contribution in [0.5, 0.6) is 0 Å². The zero-order valence-corrected chi connectivity index (χ0v) is 9.90. The van der Waals surface area contributed by atoms with Gasteiger partial charge in [-0.05, 0) is 13.3 Å². The van der Waals surface area contributed by atoms with E-state index in [1.807, 2.05) is 6.92 Å². The first kappa shape index (κ1) is 13.2. The number of nitrogens with one attached hydrogen (secondary N) is 1. The summed E-state index contributed by atoms with van der Waals surface area (Å²) in [5.74, 6) is -0.845. The van der Waals surface area contributed by atoms with Crippen molar-refractivity contribution in [3.8, 4) is 0 Å². The third-order valence-electron chi connectivity index (χ3n) is 2.39. The average Bonchev–Trinajstić information content (AvgIpc) is 2.63. The summed E-state index contributed by atoms with van der Waals surface area (Å²) in [6.45, 7) is 3.57. The first-order chi connectivity index (χ1) is 8.04. The van der Waals surface area contributed by atoms with Gasteiger partial charge in [-0.1, -0.05) is 18.5 Å². The topological polar surface area (TPSA) is 92.4 Å². The van der Waals surface area contributed by atoms with Crippen molar-refractivity contribution in [1.82, 2.24) is 10.5 Å². The lowest BCUT2D eigenvalue weighted by Gasteiger charge is -2.15. The summed E-state index contributed by atoms with van der Waals surface area (Å²) in [6, 6.07) is -0.362. The van der Waals surface area contributed by atoms with Crippen LogP contribution in [-0.4, -0.2) is 28.2 Å². The third-order valence-corrected chi connectivity index (χ3v) is 2.39. The molecular formula is C11H16N2O4. The molecular weight excluding hydrogens is 224 g/mol. The number of carboxylic acids is 1. The van der Waals surface area contributed by atoms with E-state index in [0.717, 1.165) is 6.42 Å². The molecule has 17 heavy (non-hydrogen) atoms. The Labute approximate surface area is 99.0 Å². The Morgan fingerprint density at radius 2 is 2.29 bits per heavy atom. The van der Waals surface area contributed by atoms with Gasteiger partial charge in [0.05, 0.1) is 12.6 Å². The molecule has 0 aliphatic rings. The van der Waals surface area contributed by atoms with Crippen LogP contribution in [0.1, 0.15) is 42.3 Å². The van der Waals surface area contributed by atoms with Gasteiger partial charge in [0.25, 0.3) is 5.91 Å². The Morgan fingerprint density at radius 1 is 1.59 bits per heavy atom. The van der Waals surface area contributed by atoms with E-state index in [9.17, 15) is 9.59 Å². The minimum Gasteiger partial charge on any atom is -0.481 e. The molecule has 0 spiro atoms. The van der Waals surface area contributed by atoms with Crippen molar-refractivity contribution in [1.29, 1.82) is 0 Å². The summed E-state index contributed by atoms with van der Waals surface area (Å²) in [4.78, 5) is 22.4. The molecule has 0 aliphatic carbocycles. The number of carboxylic acid groups (broad SMARTS) is 1. The summed E-state index contributed by atoms with van der Waals surface area (Å²) >= 11 is 0. The van der Waals surface area contributed by atoms with Crippen LogP contribution >= 0.6 is 0 Å². The number of aryl methyl sites for hydroxylation is 1. The molecule has 1 amide bonds. The summed E-state index contributed by atoms with van der Waals surface area (Å²) < 4.78 is 4.78. The van der Waals surface area contributed by atoms with Gasteiger partial charge in [0.1, 0.15) is 11.3 Å². The summed E-state index contributed by atoms with van der Waals surface area (Å²) in [5.41, 5.74) is 0.344. The number of carbonyl (C=O) groups is 2. The average molecular weight is 240 g/mol. The zero-order valence-electron chi connectivity index (χ0n) is 9.90. The van der Waals surface area contributed by atoms with Crippen LogP contribution in [0.3, 0.4) is 0 Å².